The van der Waals surface area contributed by atoms with Crippen molar-refractivity contribution in [3.63, 3.8) is 0 Å². The van der Waals surface area contributed by atoms with Gasteiger partial charge in [0.05, 0.1) is 0 Å². The van der Waals surface area contributed by atoms with Gasteiger partial charge >= 0.3 is 0 Å². The van der Waals surface area contributed by atoms with Gasteiger partial charge in [0, 0.05) is 11.6 Å². The van der Waals surface area contributed by atoms with E-state index in [9.17, 15) is 5.11 Å². The molecule has 0 fully saturated rings. The predicted molar refractivity (Wildman–Crippen MR) is 83.8 cm³/mol. The van der Waals surface area contributed by atoms with Crippen molar-refractivity contribution < 1.29 is 9.84 Å². The zero-order chi connectivity index (χ0) is 14.2. The predicted octanol–water partition coefficient (Wildman–Crippen LogP) is 2.97. The van der Waals surface area contributed by atoms with E-state index in [1.54, 1.807) is 23.5 Å². The summed E-state index contributed by atoms with van der Waals surface area (Å²) in [5.41, 5.74) is 1.33. The first-order valence-electron chi connectivity index (χ1n) is 6.52. The van der Waals surface area contributed by atoms with Crippen molar-refractivity contribution in [2.45, 2.75) is 12.5 Å². The number of nitrogens with one attached hydrogen (secondary N) is 1. The van der Waals surface area contributed by atoms with Gasteiger partial charge in [-0.2, -0.15) is 11.3 Å². The number of aliphatic hydroxyl groups is 1. The number of hydrogen-bond acceptors (Lipinski definition) is 4. The zero-order valence-electron chi connectivity index (χ0n) is 11.1. The van der Waals surface area contributed by atoms with Gasteiger partial charge in [-0.15, -0.1) is 0 Å². The van der Waals surface area contributed by atoms with Crippen molar-refractivity contribution in [3.8, 4) is 5.75 Å². The topological polar surface area (TPSA) is 41.5 Å². The van der Waals surface area contributed by atoms with E-state index in [1.165, 1.54) is 5.56 Å². The molecule has 5 heteroatoms. The molecule has 1 aromatic carbocycles. The molecular weight excluding hydrogens is 294 g/mol. The van der Waals surface area contributed by atoms with Crippen LogP contribution in [0.3, 0.4) is 0 Å². The molecule has 3 nitrogen and oxygen atoms in total. The molecule has 1 heterocycles. The lowest BCUT2D eigenvalue weighted by molar-refractivity contribution is 0.106. The third-order valence-corrected chi connectivity index (χ3v) is 3.76. The molecule has 0 aliphatic carbocycles. The lowest BCUT2D eigenvalue weighted by atomic mass is 10.2. The molecule has 0 saturated carbocycles. The number of thiophene rings is 1. The summed E-state index contributed by atoms with van der Waals surface area (Å²) in [6, 6.07) is 9.28. The molecule has 2 aromatic rings. The Kier molecular flexibility index (Phi) is 6.33. The van der Waals surface area contributed by atoms with E-state index in [4.69, 9.17) is 16.3 Å². The van der Waals surface area contributed by atoms with Crippen LogP contribution in [-0.4, -0.2) is 30.9 Å². The third-order valence-electron chi connectivity index (χ3n) is 2.79. The number of aliphatic hydroxyl groups excluding tert-OH is 1. The average Bonchev–Trinajstić information content (AvgIpc) is 2.95. The van der Waals surface area contributed by atoms with Crippen LogP contribution < -0.4 is 10.1 Å². The molecule has 0 radical (unpaired) electrons. The highest BCUT2D eigenvalue weighted by Crippen LogP contribution is 2.17. The van der Waals surface area contributed by atoms with Gasteiger partial charge in [-0.1, -0.05) is 17.7 Å². The minimum Gasteiger partial charge on any atom is -0.491 e. The minimum atomic E-state index is -0.531. The normalized spacial score (nSPS) is 12.3. The van der Waals surface area contributed by atoms with E-state index < -0.39 is 6.10 Å². The first-order chi connectivity index (χ1) is 9.74. The Morgan fingerprint density at radius 1 is 1.35 bits per heavy atom. The second-order valence-corrected chi connectivity index (χ2v) is 5.72. The Labute approximate surface area is 128 Å². The molecule has 0 aliphatic rings. The van der Waals surface area contributed by atoms with E-state index in [0.717, 1.165) is 13.0 Å². The second-order valence-electron chi connectivity index (χ2n) is 4.51. The van der Waals surface area contributed by atoms with Gasteiger partial charge in [-0.25, -0.2) is 0 Å². The van der Waals surface area contributed by atoms with Crippen LogP contribution in [0.2, 0.25) is 5.02 Å². The number of halogens is 1. The maximum absolute atomic E-state index is 9.82. The van der Waals surface area contributed by atoms with Gasteiger partial charge in [0.2, 0.25) is 0 Å². The lowest BCUT2D eigenvalue weighted by Crippen LogP contribution is -2.32. The SMILES string of the molecule is OC(CNCCc1ccsc1)COc1cccc(Cl)c1. The van der Waals surface area contributed by atoms with Crippen LogP contribution in [0.5, 0.6) is 5.75 Å². The van der Waals surface area contributed by atoms with Gasteiger partial charge < -0.3 is 15.2 Å². The molecular formula is C15H18ClNO2S. The third kappa shape index (κ3) is 5.51. The Morgan fingerprint density at radius 3 is 3.00 bits per heavy atom. The van der Waals surface area contributed by atoms with Crippen LogP contribution in [-0.2, 0) is 6.42 Å². The first-order valence-corrected chi connectivity index (χ1v) is 7.84. The second kappa shape index (κ2) is 8.27. The highest BCUT2D eigenvalue weighted by Gasteiger charge is 2.05. The van der Waals surface area contributed by atoms with E-state index >= 15 is 0 Å². The smallest absolute Gasteiger partial charge is 0.120 e. The average molecular weight is 312 g/mol. The molecule has 2 rings (SSSR count). The van der Waals surface area contributed by atoms with Gasteiger partial charge in [0.15, 0.2) is 0 Å². The fourth-order valence-corrected chi connectivity index (χ4v) is 2.63. The van der Waals surface area contributed by atoms with Crippen molar-refractivity contribution in [1.82, 2.24) is 5.32 Å². The van der Waals surface area contributed by atoms with Gasteiger partial charge in [0.25, 0.3) is 0 Å². The molecule has 20 heavy (non-hydrogen) atoms. The Hall–Kier alpha value is -1.07. The van der Waals surface area contributed by atoms with Crippen LogP contribution in [0.4, 0.5) is 0 Å². The summed E-state index contributed by atoms with van der Waals surface area (Å²) in [4.78, 5) is 0. The van der Waals surface area contributed by atoms with Crippen LogP contribution in [0.15, 0.2) is 41.1 Å². The molecule has 1 aromatic heterocycles. The van der Waals surface area contributed by atoms with Crippen LogP contribution in [0.25, 0.3) is 0 Å². The Morgan fingerprint density at radius 2 is 2.25 bits per heavy atom. The standard InChI is InChI=1S/C15H18ClNO2S/c16-13-2-1-3-15(8-13)19-10-14(18)9-17-6-4-12-5-7-20-11-12/h1-3,5,7-8,11,14,17-18H,4,6,9-10H2. The van der Waals surface area contributed by atoms with Crippen LogP contribution in [0.1, 0.15) is 5.56 Å². The van der Waals surface area contributed by atoms with Crippen LogP contribution >= 0.6 is 22.9 Å². The molecule has 2 N–H and O–H groups in total. The maximum atomic E-state index is 9.82. The quantitative estimate of drug-likeness (QED) is 0.737. The van der Waals surface area contributed by atoms with E-state index in [0.29, 0.717) is 17.3 Å². The first kappa shape index (κ1) is 15.3. The van der Waals surface area contributed by atoms with Crippen molar-refractivity contribution in [1.29, 1.82) is 0 Å². The largest absolute Gasteiger partial charge is 0.491 e. The maximum Gasteiger partial charge on any atom is 0.120 e. The summed E-state index contributed by atoms with van der Waals surface area (Å²) < 4.78 is 5.48. The van der Waals surface area contributed by atoms with E-state index in [1.807, 2.05) is 12.1 Å². The highest BCUT2D eigenvalue weighted by atomic mass is 35.5. The molecule has 1 atom stereocenters. The number of rotatable bonds is 8. The molecule has 108 valence electrons. The van der Waals surface area contributed by atoms with Crippen molar-refractivity contribution >= 4 is 22.9 Å². The van der Waals surface area contributed by atoms with Crippen molar-refractivity contribution in [2.24, 2.45) is 0 Å². The fourth-order valence-electron chi connectivity index (χ4n) is 1.74. The summed E-state index contributed by atoms with van der Waals surface area (Å²) in [7, 11) is 0. The summed E-state index contributed by atoms with van der Waals surface area (Å²) in [6.07, 6.45) is 0.446. The van der Waals surface area contributed by atoms with E-state index in [-0.39, 0.29) is 6.61 Å². The van der Waals surface area contributed by atoms with Gasteiger partial charge in [0.1, 0.15) is 18.5 Å². The number of hydrogen-bond donors (Lipinski definition) is 2. The fraction of sp³-hybridized carbons (Fsp3) is 0.333. The number of ether oxygens (including phenoxy) is 1. The van der Waals surface area contributed by atoms with Crippen molar-refractivity contribution in [3.05, 3.63) is 51.7 Å². The zero-order valence-corrected chi connectivity index (χ0v) is 12.7. The molecule has 0 amide bonds. The summed E-state index contributed by atoms with van der Waals surface area (Å²) in [6.45, 7) is 1.63. The monoisotopic (exact) mass is 311 g/mol. The lowest BCUT2D eigenvalue weighted by Gasteiger charge is -2.13. The summed E-state index contributed by atoms with van der Waals surface area (Å²) in [5.74, 6) is 0.676. The van der Waals surface area contributed by atoms with Crippen molar-refractivity contribution in [2.75, 3.05) is 19.7 Å². The van der Waals surface area contributed by atoms with Gasteiger partial charge in [-0.05, 0) is 53.6 Å². The summed E-state index contributed by atoms with van der Waals surface area (Å²) in [5, 5.41) is 17.9. The minimum absolute atomic E-state index is 0.256. The van der Waals surface area contributed by atoms with E-state index in [2.05, 4.69) is 22.1 Å². The molecule has 0 spiro atoms. The number of benzene rings is 1. The Bertz CT molecular complexity index is 504. The molecule has 0 bridgehead atoms. The van der Waals surface area contributed by atoms with Crippen LogP contribution in [0, 0.1) is 0 Å². The van der Waals surface area contributed by atoms with Gasteiger partial charge in [-0.3, -0.25) is 0 Å². The summed E-state index contributed by atoms with van der Waals surface area (Å²) >= 11 is 7.56. The Balaban J connectivity index is 1.59. The molecule has 1 unspecified atom stereocenters. The molecule has 0 saturated heterocycles. The molecule has 0 aliphatic heterocycles. The highest BCUT2D eigenvalue weighted by molar-refractivity contribution is 7.07.